The number of unbranched alkanes of at least 4 members (excludes halogenated alkanes) is 1. The number of hydrogen-bond acceptors (Lipinski definition) is 1. The first-order valence-corrected chi connectivity index (χ1v) is 6.24. The molecular formula is C14H18N2S. The second-order valence-electron chi connectivity index (χ2n) is 3.81. The number of benzene rings is 1. The zero-order chi connectivity index (χ0) is 12.5. The molecule has 1 aromatic rings. The molecule has 0 spiro atoms. The van der Waals surface area contributed by atoms with Crippen LogP contribution in [0.2, 0.25) is 0 Å². The Morgan fingerprint density at radius 2 is 2.06 bits per heavy atom. The van der Waals surface area contributed by atoms with Gasteiger partial charge in [0.1, 0.15) is 0 Å². The Morgan fingerprint density at radius 3 is 2.65 bits per heavy atom. The van der Waals surface area contributed by atoms with Crippen molar-refractivity contribution >= 4 is 23.0 Å². The molecule has 1 aromatic carbocycles. The molecule has 90 valence electrons. The molecule has 2 N–H and O–H groups in total. The summed E-state index contributed by atoms with van der Waals surface area (Å²) in [4.78, 5) is 0. The summed E-state index contributed by atoms with van der Waals surface area (Å²) in [7, 11) is 0. The molecule has 0 unspecified atom stereocenters. The van der Waals surface area contributed by atoms with E-state index in [2.05, 4.69) is 35.6 Å². The summed E-state index contributed by atoms with van der Waals surface area (Å²) in [5.41, 5.74) is 2.35. The molecule has 2 nitrogen and oxygen atoms in total. The van der Waals surface area contributed by atoms with Crippen LogP contribution < -0.4 is 10.6 Å². The highest BCUT2D eigenvalue weighted by atomic mass is 32.1. The van der Waals surface area contributed by atoms with Gasteiger partial charge in [-0.2, -0.15) is 0 Å². The molecule has 1 rings (SSSR count). The Bertz CT molecular complexity index is 390. The molecule has 0 aromatic heterocycles. The van der Waals surface area contributed by atoms with Crippen LogP contribution in [0.1, 0.15) is 25.3 Å². The third kappa shape index (κ3) is 5.37. The SMILES string of the molecule is C#CCNC(=S)Nc1ccc(CCCC)cc1. The molecule has 0 fully saturated rings. The van der Waals surface area contributed by atoms with E-state index in [9.17, 15) is 0 Å². The maximum Gasteiger partial charge on any atom is 0.171 e. The van der Waals surface area contributed by atoms with E-state index in [1.54, 1.807) is 0 Å². The Labute approximate surface area is 109 Å². The van der Waals surface area contributed by atoms with Crippen molar-refractivity contribution in [3.8, 4) is 12.3 Å². The average molecular weight is 246 g/mol. The lowest BCUT2D eigenvalue weighted by Gasteiger charge is -2.09. The van der Waals surface area contributed by atoms with E-state index in [0.29, 0.717) is 11.7 Å². The van der Waals surface area contributed by atoms with Gasteiger partial charge >= 0.3 is 0 Å². The van der Waals surface area contributed by atoms with Crippen molar-refractivity contribution in [2.45, 2.75) is 26.2 Å². The summed E-state index contributed by atoms with van der Waals surface area (Å²) in [5.74, 6) is 2.48. The molecule has 0 atom stereocenters. The summed E-state index contributed by atoms with van der Waals surface area (Å²) in [5, 5.41) is 6.56. The number of hydrogen-bond donors (Lipinski definition) is 2. The first-order valence-electron chi connectivity index (χ1n) is 5.83. The summed E-state index contributed by atoms with van der Waals surface area (Å²) in [6.07, 6.45) is 8.73. The van der Waals surface area contributed by atoms with Gasteiger partial charge in [-0.05, 0) is 42.8 Å². The van der Waals surface area contributed by atoms with Crippen LogP contribution in [0.3, 0.4) is 0 Å². The maximum atomic E-state index is 5.14. The number of nitrogens with one attached hydrogen (secondary N) is 2. The highest BCUT2D eigenvalue weighted by molar-refractivity contribution is 7.80. The predicted molar refractivity (Wildman–Crippen MR) is 78.1 cm³/mol. The van der Waals surface area contributed by atoms with Gasteiger partial charge in [-0.15, -0.1) is 6.42 Å². The van der Waals surface area contributed by atoms with Crippen molar-refractivity contribution < 1.29 is 0 Å². The van der Waals surface area contributed by atoms with E-state index in [0.717, 1.165) is 12.1 Å². The van der Waals surface area contributed by atoms with Crippen LogP contribution in [0, 0.1) is 12.3 Å². The van der Waals surface area contributed by atoms with Gasteiger partial charge in [0.15, 0.2) is 5.11 Å². The second-order valence-corrected chi connectivity index (χ2v) is 4.22. The molecule has 17 heavy (non-hydrogen) atoms. The Hall–Kier alpha value is -1.53. The van der Waals surface area contributed by atoms with E-state index >= 15 is 0 Å². The van der Waals surface area contributed by atoms with Crippen LogP contribution in [0.15, 0.2) is 24.3 Å². The standard InChI is InChI=1S/C14H18N2S/c1-3-5-6-12-7-9-13(10-8-12)16-14(17)15-11-4-2/h2,7-10H,3,5-6,11H2,1H3,(H2,15,16,17). The van der Waals surface area contributed by atoms with E-state index < -0.39 is 0 Å². The topological polar surface area (TPSA) is 24.1 Å². The van der Waals surface area contributed by atoms with Gasteiger partial charge in [0.2, 0.25) is 0 Å². The van der Waals surface area contributed by atoms with Crippen molar-refractivity contribution in [3.63, 3.8) is 0 Å². The lowest BCUT2D eigenvalue weighted by Crippen LogP contribution is -2.28. The minimum Gasteiger partial charge on any atom is -0.352 e. The minimum absolute atomic E-state index is 0.445. The molecule has 0 bridgehead atoms. The number of rotatable bonds is 5. The van der Waals surface area contributed by atoms with Crippen molar-refractivity contribution in [1.82, 2.24) is 5.32 Å². The third-order valence-electron chi connectivity index (χ3n) is 2.38. The molecule has 0 saturated heterocycles. The fraction of sp³-hybridized carbons (Fsp3) is 0.357. The highest BCUT2D eigenvalue weighted by Gasteiger charge is 1.97. The van der Waals surface area contributed by atoms with Crippen LogP contribution >= 0.6 is 12.2 Å². The number of terminal acetylenes is 1. The minimum atomic E-state index is 0.445. The van der Waals surface area contributed by atoms with E-state index in [-0.39, 0.29) is 0 Å². The van der Waals surface area contributed by atoms with E-state index in [4.69, 9.17) is 18.6 Å². The van der Waals surface area contributed by atoms with E-state index in [1.165, 1.54) is 18.4 Å². The van der Waals surface area contributed by atoms with Crippen molar-refractivity contribution in [2.75, 3.05) is 11.9 Å². The van der Waals surface area contributed by atoms with Crippen LogP contribution in [0.5, 0.6) is 0 Å². The maximum absolute atomic E-state index is 5.14. The van der Waals surface area contributed by atoms with Crippen LogP contribution in [0.4, 0.5) is 5.69 Å². The van der Waals surface area contributed by atoms with Crippen LogP contribution in [0.25, 0.3) is 0 Å². The summed E-state index contributed by atoms with van der Waals surface area (Å²) >= 11 is 5.09. The molecule has 3 heteroatoms. The number of anilines is 1. The fourth-order valence-electron chi connectivity index (χ4n) is 1.44. The van der Waals surface area contributed by atoms with Gasteiger partial charge in [-0.25, -0.2) is 0 Å². The smallest absolute Gasteiger partial charge is 0.171 e. The molecular weight excluding hydrogens is 228 g/mol. The Kier molecular flexibility index (Phi) is 6.13. The quantitative estimate of drug-likeness (QED) is 0.617. The van der Waals surface area contributed by atoms with Crippen LogP contribution in [-0.2, 0) is 6.42 Å². The third-order valence-corrected chi connectivity index (χ3v) is 2.63. The predicted octanol–water partition coefficient (Wildman–Crippen LogP) is 2.95. The Balaban J connectivity index is 2.45. The second kappa shape index (κ2) is 7.70. The van der Waals surface area contributed by atoms with Crippen molar-refractivity contribution in [1.29, 1.82) is 0 Å². The molecule has 0 amide bonds. The largest absolute Gasteiger partial charge is 0.352 e. The zero-order valence-corrected chi connectivity index (χ0v) is 10.9. The molecule has 0 aliphatic heterocycles. The monoisotopic (exact) mass is 246 g/mol. The van der Waals surface area contributed by atoms with Gasteiger partial charge < -0.3 is 10.6 Å². The first kappa shape index (κ1) is 13.5. The van der Waals surface area contributed by atoms with Gasteiger partial charge in [0, 0.05) is 5.69 Å². The lowest BCUT2D eigenvalue weighted by atomic mass is 10.1. The van der Waals surface area contributed by atoms with Crippen molar-refractivity contribution in [2.24, 2.45) is 0 Å². The molecule has 0 radical (unpaired) electrons. The van der Waals surface area contributed by atoms with Gasteiger partial charge in [0.25, 0.3) is 0 Å². The summed E-state index contributed by atoms with van der Waals surface area (Å²) in [6, 6.07) is 8.33. The molecule has 0 aliphatic rings. The lowest BCUT2D eigenvalue weighted by molar-refractivity contribution is 0.795. The molecule has 0 saturated carbocycles. The number of aryl methyl sites for hydroxylation is 1. The normalized spacial score (nSPS) is 9.41. The van der Waals surface area contributed by atoms with Gasteiger partial charge in [-0.1, -0.05) is 31.4 Å². The summed E-state index contributed by atoms with van der Waals surface area (Å²) in [6.45, 7) is 2.64. The fourth-order valence-corrected chi connectivity index (χ4v) is 1.63. The van der Waals surface area contributed by atoms with Crippen molar-refractivity contribution in [3.05, 3.63) is 29.8 Å². The van der Waals surface area contributed by atoms with Gasteiger partial charge in [-0.3, -0.25) is 0 Å². The molecule has 0 aliphatic carbocycles. The van der Waals surface area contributed by atoms with Gasteiger partial charge in [0.05, 0.1) is 6.54 Å². The molecule has 0 heterocycles. The van der Waals surface area contributed by atoms with E-state index in [1.807, 2.05) is 12.1 Å². The van der Waals surface area contributed by atoms with Crippen LogP contribution in [-0.4, -0.2) is 11.7 Å². The average Bonchev–Trinajstić information content (AvgIpc) is 2.35. The zero-order valence-electron chi connectivity index (χ0n) is 10.1. The Morgan fingerprint density at radius 1 is 1.35 bits per heavy atom. The summed E-state index contributed by atoms with van der Waals surface area (Å²) < 4.78 is 0. The highest BCUT2D eigenvalue weighted by Crippen LogP contribution is 2.11. The first-order chi connectivity index (χ1) is 8.26. The number of thiocarbonyl (C=S) groups is 1.